The Morgan fingerprint density at radius 3 is 2.80 bits per heavy atom. The Bertz CT molecular complexity index is 440. The van der Waals surface area contributed by atoms with Gasteiger partial charge in [-0.15, -0.1) is 0 Å². The summed E-state index contributed by atoms with van der Waals surface area (Å²) >= 11 is 0. The van der Waals surface area contributed by atoms with Crippen LogP contribution in [0.2, 0.25) is 0 Å². The number of anilines is 2. The highest BCUT2D eigenvalue weighted by Crippen LogP contribution is 2.18. The van der Waals surface area contributed by atoms with Gasteiger partial charge in [0.2, 0.25) is 5.91 Å². The molecule has 0 saturated carbocycles. The van der Waals surface area contributed by atoms with Gasteiger partial charge in [0.25, 0.3) is 0 Å². The van der Waals surface area contributed by atoms with Crippen LogP contribution in [0.5, 0.6) is 0 Å². The quantitative estimate of drug-likeness (QED) is 0.563. The molecule has 0 unspecified atom stereocenters. The fourth-order valence-corrected chi connectivity index (χ4v) is 1.73. The average molecular weight is 283 g/mol. The van der Waals surface area contributed by atoms with Gasteiger partial charge in [-0.1, -0.05) is 6.92 Å². The number of amides is 1. The van der Waals surface area contributed by atoms with E-state index in [2.05, 4.69) is 5.32 Å². The van der Waals surface area contributed by atoms with Crippen molar-refractivity contribution in [2.24, 2.45) is 0 Å². The van der Waals surface area contributed by atoms with E-state index in [0.717, 1.165) is 6.54 Å². The highest BCUT2D eigenvalue weighted by Gasteiger charge is 2.10. The maximum absolute atomic E-state index is 12.9. The summed E-state index contributed by atoms with van der Waals surface area (Å²) in [5.74, 6) is -0.603. The van der Waals surface area contributed by atoms with Crippen LogP contribution in [0.25, 0.3) is 0 Å². The average Bonchev–Trinajstić information content (AvgIpc) is 2.41. The van der Waals surface area contributed by atoms with Gasteiger partial charge in [0, 0.05) is 13.2 Å². The predicted molar refractivity (Wildman–Crippen MR) is 78.0 cm³/mol. The lowest BCUT2D eigenvalue weighted by Gasteiger charge is -2.19. The van der Waals surface area contributed by atoms with Crippen LogP contribution in [0.4, 0.5) is 15.8 Å². The van der Waals surface area contributed by atoms with Gasteiger partial charge in [0.1, 0.15) is 5.82 Å². The molecule has 1 aromatic rings. The molecule has 1 rings (SSSR count). The number of carbonyl (C=O) groups is 1. The van der Waals surface area contributed by atoms with Crippen molar-refractivity contribution in [1.82, 2.24) is 4.90 Å². The summed E-state index contributed by atoms with van der Waals surface area (Å²) in [5.41, 5.74) is 6.29. The Hall–Kier alpha value is -1.66. The van der Waals surface area contributed by atoms with Crippen molar-refractivity contribution in [1.29, 1.82) is 0 Å². The van der Waals surface area contributed by atoms with Gasteiger partial charge in [0.05, 0.1) is 24.5 Å². The van der Waals surface area contributed by atoms with E-state index in [0.29, 0.717) is 25.4 Å². The van der Waals surface area contributed by atoms with E-state index in [1.807, 2.05) is 18.7 Å². The van der Waals surface area contributed by atoms with E-state index in [9.17, 15) is 9.18 Å². The number of rotatable bonds is 8. The molecule has 3 N–H and O–H groups in total. The molecule has 0 radical (unpaired) electrons. The number of likely N-dealkylation sites (N-methyl/N-ethyl adjacent to an activating group) is 1. The van der Waals surface area contributed by atoms with Gasteiger partial charge in [-0.05, 0) is 31.7 Å². The summed E-state index contributed by atoms with van der Waals surface area (Å²) in [6.45, 7) is 6.86. The molecule has 0 fully saturated rings. The molecule has 0 aliphatic carbocycles. The first kappa shape index (κ1) is 16.4. The molecule has 1 amide bonds. The van der Waals surface area contributed by atoms with Crippen LogP contribution in [0.15, 0.2) is 18.2 Å². The number of nitrogen functional groups attached to an aromatic ring is 1. The minimum atomic E-state index is -0.424. The summed E-state index contributed by atoms with van der Waals surface area (Å²) in [6.07, 6.45) is 0. The third-order valence-corrected chi connectivity index (χ3v) is 2.86. The van der Waals surface area contributed by atoms with Crippen molar-refractivity contribution in [2.75, 3.05) is 43.9 Å². The monoisotopic (exact) mass is 283 g/mol. The Morgan fingerprint density at radius 1 is 1.45 bits per heavy atom. The number of nitrogens with one attached hydrogen (secondary N) is 1. The van der Waals surface area contributed by atoms with Crippen LogP contribution < -0.4 is 11.1 Å². The molecule has 0 heterocycles. The topological polar surface area (TPSA) is 67.6 Å². The molecule has 0 spiro atoms. The van der Waals surface area contributed by atoms with Crippen molar-refractivity contribution in [3.63, 3.8) is 0 Å². The Labute approximate surface area is 118 Å². The molecule has 0 atom stereocenters. The van der Waals surface area contributed by atoms with Gasteiger partial charge < -0.3 is 15.8 Å². The standard InChI is InChI=1S/C14H22FN3O2/c1-3-18(7-8-20-4-2)10-14(19)17-13-6-5-11(15)9-12(13)16/h5-6,9H,3-4,7-8,10,16H2,1-2H3,(H,17,19). The number of halogens is 1. The smallest absolute Gasteiger partial charge is 0.238 e. The normalized spacial score (nSPS) is 10.8. The first-order valence-electron chi connectivity index (χ1n) is 6.71. The summed E-state index contributed by atoms with van der Waals surface area (Å²) in [5, 5.41) is 2.68. The Morgan fingerprint density at radius 2 is 2.20 bits per heavy atom. The van der Waals surface area contributed by atoms with Gasteiger partial charge >= 0.3 is 0 Å². The van der Waals surface area contributed by atoms with Crippen molar-refractivity contribution in [3.8, 4) is 0 Å². The summed E-state index contributed by atoms with van der Waals surface area (Å²) in [6, 6.07) is 3.90. The van der Waals surface area contributed by atoms with Gasteiger partial charge in [-0.25, -0.2) is 4.39 Å². The maximum atomic E-state index is 12.9. The van der Waals surface area contributed by atoms with Gasteiger partial charge in [0.15, 0.2) is 0 Å². The van der Waals surface area contributed by atoms with E-state index in [1.54, 1.807) is 0 Å². The molecular weight excluding hydrogens is 261 g/mol. The van der Waals surface area contributed by atoms with E-state index < -0.39 is 5.82 Å². The molecule has 0 aliphatic heterocycles. The van der Waals surface area contributed by atoms with E-state index in [4.69, 9.17) is 10.5 Å². The molecule has 0 aliphatic rings. The van der Waals surface area contributed by atoms with Crippen molar-refractivity contribution < 1.29 is 13.9 Å². The van der Waals surface area contributed by atoms with Crippen molar-refractivity contribution in [2.45, 2.75) is 13.8 Å². The zero-order valence-electron chi connectivity index (χ0n) is 12.0. The van der Waals surface area contributed by atoms with Crippen LogP contribution in [0.1, 0.15) is 13.8 Å². The predicted octanol–water partition coefficient (Wildman–Crippen LogP) is 1.70. The van der Waals surface area contributed by atoms with E-state index in [-0.39, 0.29) is 18.1 Å². The summed E-state index contributed by atoms with van der Waals surface area (Å²) in [7, 11) is 0. The number of hydrogen-bond donors (Lipinski definition) is 2. The highest BCUT2D eigenvalue weighted by molar-refractivity contribution is 5.95. The molecule has 112 valence electrons. The van der Waals surface area contributed by atoms with Gasteiger partial charge in [-0.3, -0.25) is 9.69 Å². The van der Waals surface area contributed by atoms with Gasteiger partial charge in [-0.2, -0.15) is 0 Å². The second-order valence-electron chi connectivity index (χ2n) is 4.35. The highest BCUT2D eigenvalue weighted by atomic mass is 19.1. The molecule has 5 nitrogen and oxygen atoms in total. The second-order valence-corrected chi connectivity index (χ2v) is 4.35. The number of carbonyl (C=O) groups excluding carboxylic acids is 1. The summed E-state index contributed by atoms with van der Waals surface area (Å²) in [4.78, 5) is 13.9. The van der Waals surface area contributed by atoms with Crippen LogP contribution in [-0.4, -0.2) is 43.7 Å². The minimum Gasteiger partial charge on any atom is -0.397 e. The third kappa shape index (κ3) is 5.54. The van der Waals surface area contributed by atoms with Crippen LogP contribution in [-0.2, 0) is 9.53 Å². The number of ether oxygens (including phenoxy) is 1. The SMILES string of the molecule is CCOCCN(CC)CC(=O)Nc1ccc(F)cc1N. The number of nitrogens with zero attached hydrogens (tertiary/aromatic N) is 1. The fourth-order valence-electron chi connectivity index (χ4n) is 1.73. The first-order valence-corrected chi connectivity index (χ1v) is 6.71. The second kappa shape index (κ2) is 8.50. The van der Waals surface area contributed by atoms with E-state index in [1.165, 1.54) is 18.2 Å². The molecule has 20 heavy (non-hydrogen) atoms. The van der Waals surface area contributed by atoms with Crippen molar-refractivity contribution >= 4 is 17.3 Å². The Balaban J connectivity index is 2.48. The lowest BCUT2D eigenvalue weighted by Crippen LogP contribution is -2.35. The van der Waals surface area contributed by atoms with Crippen LogP contribution in [0, 0.1) is 5.82 Å². The molecule has 1 aromatic carbocycles. The third-order valence-electron chi connectivity index (χ3n) is 2.86. The molecule has 0 bridgehead atoms. The number of nitrogens with two attached hydrogens (primary N) is 1. The Kier molecular flexibility index (Phi) is 6.97. The van der Waals surface area contributed by atoms with E-state index >= 15 is 0 Å². The molecule has 6 heteroatoms. The largest absolute Gasteiger partial charge is 0.397 e. The number of benzene rings is 1. The minimum absolute atomic E-state index is 0.179. The lowest BCUT2D eigenvalue weighted by atomic mass is 10.2. The summed E-state index contributed by atoms with van der Waals surface area (Å²) < 4.78 is 18.2. The molecular formula is C14H22FN3O2. The molecule has 0 saturated heterocycles. The maximum Gasteiger partial charge on any atom is 0.238 e. The zero-order valence-corrected chi connectivity index (χ0v) is 12.0. The van der Waals surface area contributed by atoms with Crippen LogP contribution >= 0.6 is 0 Å². The lowest BCUT2D eigenvalue weighted by molar-refractivity contribution is -0.117. The first-order chi connectivity index (χ1) is 9.56. The number of hydrogen-bond acceptors (Lipinski definition) is 4. The van der Waals surface area contributed by atoms with Crippen molar-refractivity contribution in [3.05, 3.63) is 24.0 Å². The fraction of sp³-hybridized carbons (Fsp3) is 0.500. The molecule has 0 aromatic heterocycles. The zero-order chi connectivity index (χ0) is 15.0. The van der Waals surface area contributed by atoms with Crippen LogP contribution in [0.3, 0.4) is 0 Å².